The number of benzene rings is 3. The van der Waals surface area contributed by atoms with Gasteiger partial charge in [0.2, 0.25) is 0 Å². The zero-order valence-electron chi connectivity index (χ0n) is 20.4. The van der Waals surface area contributed by atoms with Crippen LogP contribution >= 0.6 is 0 Å². The molecule has 1 amide bonds. The lowest BCUT2D eigenvalue weighted by Crippen LogP contribution is -2.27. The van der Waals surface area contributed by atoms with Crippen LogP contribution < -0.4 is 19.7 Å². The van der Waals surface area contributed by atoms with Gasteiger partial charge in [-0.3, -0.25) is 9.59 Å². The van der Waals surface area contributed by atoms with E-state index >= 15 is 0 Å². The number of nitrogens with zero attached hydrogens (tertiary/aromatic N) is 2. The number of aromatic nitrogens is 1. The Morgan fingerprint density at radius 1 is 0.944 bits per heavy atom. The number of Topliss-reactive ketones (excluding diaryl/α,β-unsaturated/α-hetero) is 1. The third-order valence-corrected chi connectivity index (χ3v) is 6.56. The minimum atomic E-state index is -0.516. The molecular formula is C29H27N3O4. The molecule has 0 bridgehead atoms. The Labute approximate surface area is 209 Å². The van der Waals surface area contributed by atoms with Crippen LogP contribution in [-0.4, -0.2) is 37.5 Å². The Kier molecular flexibility index (Phi) is 6.21. The summed E-state index contributed by atoms with van der Waals surface area (Å²) in [6.07, 6.45) is 2.00. The summed E-state index contributed by atoms with van der Waals surface area (Å²) in [6, 6.07) is 23.6. The number of anilines is 2. The fourth-order valence-corrected chi connectivity index (χ4v) is 4.53. The predicted octanol–water partition coefficient (Wildman–Crippen LogP) is 5.18. The molecule has 0 aliphatic carbocycles. The molecule has 4 aromatic rings. The first-order valence-corrected chi connectivity index (χ1v) is 11.6. The minimum absolute atomic E-state index is 0.0380. The average Bonchev–Trinajstić information content (AvgIpc) is 3.32. The maximum absolute atomic E-state index is 13.6. The quantitative estimate of drug-likeness (QED) is 0.384. The Morgan fingerprint density at radius 3 is 2.47 bits per heavy atom. The Balaban J connectivity index is 1.39. The van der Waals surface area contributed by atoms with Gasteiger partial charge in [0.15, 0.2) is 5.78 Å². The molecule has 1 aliphatic heterocycles. The second-order valence-electron chi connectivity index (χ2n) is 8.64. The van der Waals surface area contributed by atoms with Gasteiger partial charge in [-0.15, -0.1) is 0 Å². The van der Waals surface area contributed by atoms with Crippen molar-refractivity contribution in [2.24, 2.45) is 0 Å². The van der Waals surface area contributed by atoms with Crippen LogP contribution in [0.3, 0.4) is 0 Å². The van der Waals surface area contributed by atoms with Crippen molar-refractivity contribution >= 4 is 23.1 Å². The number of hydrogen-bond donors (Lipinski definition) is 1. The van der Waals surface area contributed by atoms with Crippen molar-refractivity contribution in [2.45, 2.75) is 12.6 Å². The van der Waals surface area contributed by atoms with Gasteiger partial charge in [-0.25, -0.2) is 0 Å². The molecule has 5 rings (SSSR count). The van der Waals surface area contributed by atoms with Gasteiger partial charge >= 0.3 is 0 Å². The highest BCUT2D eigenvalue weighted by atomic mass is 16.5. The Bertz CT molecular complexity index is 1420. The van der Waals surface area contributed by atoms with E-state index in [1.807, 2.05) is 36.5 Å². The Morgan fingerprint density at radius 2 is 1.72 bits per heavy atom. The zero-order chi connectivity index (χ0) is 25.2. The highest BCUT2D eigenvalue weighted by Gasteiger charge is 2.28. The fraction of sp³-hybridized carbons (Fsp3) is 0.172. The molecule has 7 nitrogen and oxygen atoms in total. The van der Waals surface area contributed by atoms with Gasteiger partial charge in [-0.2, -0.15) is 0 Å². The molecule has 1 atom stereocenters. The van der Waals surface area contributed by atoms with E-state index in [1.165, 1.54) is 12.0 Å². The van der Waals surface area contributed by atoms with E-state index < -0.39 is 6.04 Å². The van der Waals surface area contributed by atoms with Gasteiger partial charge in [-0.05, 0) is 60.2 Å². The molecule has 0 radical (unpaired) electrons. The summed E-state index contributed by atoms with van der Waals surface area (Å²) in [7, 11) is 4.77. The molecule has 36 heavy (non-hydrogen) atoms. The molecule has 1 aliphatic rings. The standard InChI is InChI=1S/C29H27N3O4/c1-31(29(34)23-15-14-22(35-2)17-26(23)36-3)21-12-10-19(11-13-21)28(33)27-25-9-6-16-32(25)18-20-7-4-5-8-24(20)30-27/h4-17,27,30H,18H2,1-3H3. The fourth-order valence-electron chi connectivity index (χ4n) is 4.53. The topological polar surface area (TPSA) is 72.8 Å². The summed E-state index contributed by atoms with van der Waals surface area (Å²) in [5.74, 6) is 0.771. The van der Waals surface area contributed by atoms with Gasteiger partial charge in [-0.1, -0.05) is 18.2 Å². The number of methoxy groups -OCH3 is 2. The summed E-state index contributed by atoms with van der Waals surface area (Å²) < 4.78 is 12.7. The van der Waals surface area contributed by atoms with Crippen LogP contribution in [0.2, 0.25) is 0 Å². The maximum atomic E-state index is 13.6. The molecule has 1 N–H and O–H groups in total. The van der Waals surface area contributed by atoms with E-state index in [9.17, 15) is 9.59 Å². The normalized spacial score (nSPS) is 14.0. The molecule has 2 heterocycles. The number of amides is 1. The van der Waals surface area contributed by atoms with Gasteiger partial charge in [0.1, 0.15) is 17.5 Å². The number of carbonyl (C=O) groups excluding carboxylic acids is 2. The maximum Gasteiger partial charge on any atom is 0.261 e. The van der Waals surface area contributed by atoms with Crippen molar-refractivity contribution in [1.82, 2.24) is 4.57 Å². The lowest BCUT2D eigenvalue weighted by Gasteiger charge is -2.21. The van der Waals surface area contributed by atoms with Crippen molar-refractivity contribution < 1.29 is 19.1 Å². The number of ether oxygens (including phenoxy) is 2. The summed E-state index contributed by atoms with van der Waals surface area (Å²) >= 11 is 0. The first kappa shape index (κ1) is 23.2. The molecule has 182 valence electrons. The highest BCUT2D eigenvalue weighted by Crippen LogP contribution is 2.32. The molecule has 7 heteroatoms. The van der Waals surface area contributed by atoms with Crippen LogP contribution in [-0.2, 0) is 6.54 Å². The molecule has 1 aromatic heterocycles. The Hall–Kier alpha value is -4.52. The van der Waals surface area contributed by atoms with E-state index in [2.05, 4.69) is 16.0 Å². The summed E-state index contributed by atoms with van der Waals surface area (Å²) in [5, 5.41) is 3.44. The third-order valence-electron chi connectivity index (χ3n) is 6.56. The summed E-state index contributed by atoms with van der Waals surface area (Å²) in [6.45, 7) is 0.704. The predicted molar refractivity (Wildman–Crippen MR) is 139 cm³/mol. The zero-order valence-corrected chi connectivity index (χ0v) is 20.4. The van der Waals surface area contributed by atoms with Crippen molar-refractivity contribution in [2.75, 3.05) is 31.5 Å². The summed E-state index contributed by atoms with van der Waals surface area (Å²) in [5.41, 5.74) is 4.65. The molecule has 1 unspecified atom stereocenters. The van der Waals surface area contributed by atoms with Crippen molar-refractivity contribution in [3.8, 4) is 11.5 Å². The number of ketones is 1. The first-order chi connectivity index (χ1) is 17.5. The lowest BCUT2D eigenvalue weighted by atomic mass is 10.0. The number of nitrogens with one attached hydrogen (secondary N) is 1. The third kappa shape index (κ3) is 4.20. The van der Waals surface area contributed by atoms with Crippen LogP contribution in [0.1, 0.15) is 38.0 Å². The van der Waals surface area contributed by atoms with Crippen LogP contribution in [0.25, 0.3) is 0 Å². The van der Waals surface area contributed by atoms with E-state index in [4.69, 9.17) is 9.47 Å². The highest BCUT2D eigenvalue weighted by molar-refractivity contribution is 6.08. The van der Waals surface area contributed by atoms with Gasteiger partial charge in [0, 0.05) is 48.5 Å². The SMILES string of the molecule is COc1ccc(C(=O)N(C)c2ccc(C(=O)C3Nc4ccccc4Cn4cccc43)cc2)c(OC)c1. The largest absolute Gasteiger partial charge is 0.497 e. The van der Waals surface area contributed by atoms with Crippen LogP contribution in [0.4, 0.5) is 11.4 Å². The molecule has 0 saturated heterocycles. The monoisotopic (exact) mass is 481 g/mol. The second kappa shape index (κ2) is 9.62. The smallest absolute Gasteiger partial charge is 0.261 e. The van der Waals surface area contributed by atoms with Gasteiger partial charge < -0.3 is 24.3 Å². The van der Waals surface area contributed by atoms with Crippen molar-refractivity contribution in [3.05, 3.63) is 107 Å². The van der Waals surface area contributed by atoms with Crippen LogP contribution in [0.15, 0.2) is 85.1 Å². The van der Waals surface area contributed by atoms with Crippen molar-refractivity contribution in [1.29, 1.82) is 0 Å². The number of hydrogen-bond acceptors (Lipinski definition) is 5. The van der Waals surface area contributed by atoms with Crippen molar-refractivity contribution in [3.63, 3.8) is 0 Å². The minimum Gasteiger partial charge on any atom is -0.497 e. The van der Waals surface area contributed by atoms with Crippen LogP contribution in [0, 0.1) is 0 Å². The molecular weight excluding hydrogens is 454 g/mol. The van der Waals surface area contributed by atoms with E-state index in [1.54, 1.807) is 56.6 Å². The van der Waals surface area contributed by atoms with E-state index in [-0.39, 0.29) is 11.7 Å². The molecule has 0 saturated carbocycles. The van der Waals surface area contributed by atoms with Gasteiger partial charge in [0.05, 0.1) is 19.8 Å². The second-order valence-corrected chi connectivity index (χ2v) is 8.64. The average molecular weight is 482 g/mol. The summed E-state index contributed by atoms with van der Waals surface area (Å²) in [4.78, 5) is 28.3. The molecule has 3 aromatic carbocycles. The number of fused-ring (bicyclic) bond motifs is 2. The van der Waals surface area contributed by atoms with E-state index in [0.717, 1.165) is 16.9 Å². The van der Waals surface area contributed by atoms with Crippen LogP contribution in [0.5, 0.6) is 11.5 Å². The number of carbonyl (C=O) groups is 2. The number of para-hydroxylation sites is 1. The first-order valence-electron chi connectivity index (χ1n) is 11.6. The molecule has 0 fully saturated rings. The molecule has 0 spiro atoms. The van der Waals surface area contributed by atoms with Gasteiger partial charge in [0.25, 0.3) is 5.91 Å². The van der Waals surface area contributed by atoms with E-state index in [0.29, 0.717) is 34.9 Å². The number of rotatable bonds is 6. The lowest BCUT2D eigenvalue weighted by molar-refractivity contribution is 0.0965.